The molecule has 1 aromatic rings. The van der Waals surface area contributed by atoms with Gasteiger partial charge in [-0.2, -0.15) is 0 Å². The summed E-state index contributed by atoms with van der Waals surface area (Å²) in [6.07, 6.45) is 4.11. The molecule has 0 atom stereocenters. The Hall–Kier alpha value is -1.38. The predicted octanol–water partition coefficient (Wildman–Crippen LogP) is 1.98. The van der Waals surface area contributed by atoms with Crippen LogP contribution in [0.3, 0.4) is 0 Å². The Morgan fingerprint density at radius 1 is 1.44 bits per heavy atom. The van der Waals surface area contributed by atoms with Crippen LogP contribution in [0.4, 0.5) is 0 Å². The van der Waals surface area contributed by atoms with Gasteiger partial charge in [-0.25, -0.2) is 0 Å². The highest BCUT2D eigenvalue weighted by molar-refractivity contribution is 5.96. The van der Waals surface area contributed by atoms with Crippen LogP contribution in [-0.4, -0.2) is 28.4 Å². The largest absolute Gasteiger partial charge is 0.334 e. The fourth-order valence-corrected chi connectivity index (χ4v) is 2.62. The Morgan fingerprint density at radius 3 is 2.81 bits per heavy atom. The standard InChI is InChI=1S/C13H16N2O/c1-9(2)15-8-13(5-6-13)10-4-3-7-14-11(10)12(15)16/h3-4,7,9H,5-6,8H2,1-2H3. The van der Waals surface area contributed by atoms with Crippen molar-refractivity contribution in [1.29, 1.82) is 0 Å². The SMILES string of the molecule is CC(C)N1CC2(CC2)c2cccnc2C1=O. The first-order valence-electron chi connectivity index (χ1n) is 5.90. The van der Waals surface area contributed by atoms with E-state index in [-0.39, 0.29) is 17.4 Å². The van der Waals surface area contributed by atoms with Gasteiger partial charge in [0.25, 0.3) is 5.91 Å². The average molecular weight is 216 g/mol. The third-order valence-electron chi connectivity index (χ3n) is 3.79. The second-order valence-corrected chi connectivity index (χ2v) is 5.21. The molecule has 0 bridgehead atoms. The summed E-state index contributed by atoms with van der Waals surface area (Å²) in [5.41, 5.74) is 2.10. The van der Waals surface area contributed by atoms with Crippen molar-refractivity contribution in [2.24, 2.45) is 0 Å². The highest BCUT2D eigenvalue weighted by Crippen LogP contribution is 2.52. The molecule has 2 aliphatic rings. The quantitative estimate of drug-likeness (QED) is 0.719. The second kappa shape index (κ2) is 3.06. The molecule has 1 fully saturated rings. The molecule has 16 heavy (non-hydrogen) atoms. The molecule has 1 saturated carbocycles. The van der Waals surface area contributed by atoms with E-state index in [0.29, 0.717) is 5.69 Å². The minimum absolute atomic E-state index is 0.100. The Bertz CT molecular complexity index is 449. The number of fused-ring (bicyclic) bond motifs is 2. The minimum atomic E-state index is 0.100. The van der Waals surface area contributed by atoms with Gasteiger partial charge < -0.3 is 4.90 Å². The molecule has 3 nitrogen and oxygen atoms in total. The van der Waals surface area contributed by atoms with E-state index in [1.807, 2.05) is 11.0 Å². The van der Waals surface area contributed by atoms with Crippen molar-refractivity contribution in [2.45, 2.75) is 38.1 Å². The number of carbonyl (C=O) groups is 1. The van der Waals surface area contributed by atoms with Crippen molar-refractivity contribution in [1.82, 2.24) is 9.88 Å². The van der Waals surface area contributed by atoms with Gasteiger partial charge in [-0.3, -0.25) is 9.78 Å². The van der Waals surface area contributed by atoms with Crippen LogP contribution in [0.2, 0.25) is 0 Å². The van der Waals surface area contributed by atoms with Gasteiger partial charge in [0.1, 0.15) is 5.69 Å². The van der Waals surface area contributed by atoms with Gasteiger partial charge in [0.15, 0.2) is 0 Å². The van der Waals surface area contributed by atoms with Gasteiger partial charge in [0.05, 0.1) is 0 Å². The molecule has 0 N–H and O–H groups in total. The van der Waals surface area contributed by atoms with E-state index in [2.05, 4.69) is 24.9 Å². The fraction of sp³-hybridized carbons (Fsp3) is 0.538. The van der Waals surface area contributed by atoms with Crippen LogP contribution in [0.25, 0.3) is 0 Å². The molecule has 84 valence electrons. The first-order chi connectivity index (χ1) is 7.64. The molecule has 1 aromatic heterocycles. The van der Waals surface area contributed by atoms with Gasteiger partial charge in [-0.15, -0.1) is 0 Å². The topological polar surface area (TPSA) is 33.2 Å². The van der Waals surface area contributed by atoms with Gasteiger partial charge >= 0.3 is 0 Å². The molecule has 1 aliphatic carbocycles. The maximum absolute atomic E-state index is 12.2. The normalized spacial score (nSPS) is 21.4. The van der Waals surface area contributed by atoms with Crippen LogP contribution in [0, 0.1) is 0 Å². The number of hydrogen-bond donors (Lipinski definition) is 0. The molecule has 2 heterocycles. The summed E-state index contributed by atoms with van der Waals surface area (Å²) in [4.78, 5) is 18.5. The van der Waals surface area contributed by atoms with Crippen molar-refractivity contribution >= 4 is 5.91 Å². The van der Waals surface area contributed by atoms with Crippen LogP contribution in [0.1, 0.15) is 42.7 Å². The zero-order valence-corrected chi connectivity index (χ0v) is 9.73. The van der Waals surface area contributed by atoms with E-state index in [0.717, 1.165) is 6.54 Å². The van der Waals surface area contributed by atoms with E-state index < -0.39 is 0 Å². The monoisotopic (exact) mass is 216 g/mol. The Kier molecular flexibility index (Phi) is 1.88. The maximum atomic E-state index is 12.2. The van der Waals surface area contributed by atoms with Crippen LogP contribution in [0.15, 0.2) is 18.3 Å². The van der Waals surface area contributed by atoms with E-state index in [1.165, 1.54) is 18.4 Å². The summed E-state index contributed by atoms with van der Waals surface area (Å²) in [6.45, 7) is 5.02. The van der Waals surface area contributed by atoms with Crippen molar-refractivity contribution in [2.75, 3.05) is 6.54 Å². The first-order valence-corrected chi connectivity index (χ1v) is 5.90. The molecule has 3 rings (SSSR count). The highest BCUT2D eigenvalue weighted by Gasteiger charge is 2.52. The molecule has 1 amide bonds. The van der Waals surface area contributed by atoms with Crippen molar-refractivity contribution < 1.29 is 4.79 Å². The van der Waals surface area contributed by atoms with Crippen molar-refractivity contribution in [3.8, 4) is 0 Å². The summed E-state index contributed by atoms with van der Waals surface area (Å²) >= 11 is 0. The number of hydrogen-bond acceptors (Lipinski definition) is 2. The summed E-state index contributed by atoms with van der Waals surface area (Å²) < 4.78 is 0. The molecule has 3 heteroatoms. The summed E-state index contributed by atoms with van der Waals surface area (Å²) in [7, 11) is 0. The van der Waals surface area contributed by atoms with Gasteiger partial charge in [-0.05, 0) is 38.3 Å². The molecule has 0 aromatic carbocycles. The number of nitrogens with zero attached hydrogens (tertiary/aromatic N) is 2. The predicted molar refractivity (Wildman–Crippen MR) is 61.3 cm³/mol. The van der Waals surface area contributed by atoms with E-state index in [9.17, 15) is 4.79 Å². The lowest BCUT2D eigenvalue weighted by atomic mass is 9.89. The summed E-state index contributed by atoms with van der Waals surface area (Å²) in [5, 5.41) is 0. The number of amides is 1. The Balaban J connectivity index is 2.11. The molecule has 1 aliphatic heterocycles. The van der Waals surface area contributed by atoms with Crippen LogP contribution in [0.5, 0.6) is 0 Å². The lowest BCUT2D eigenvalue weighted by Gasteiger charge is -2.36. The van der Waals surface area contributed by atoms with Crippen molar-refractivity contribution in [3.05, 3.63) is 29.6 Å². The van der Waals surface area contributed by atoms with Gasteiger partial charge in [0.2, 0.25) is 0 Å². The zero-order valence-electron chi connectivity index (χ0n) is 9.73. The van der Waals surface area contributed by atoms with E-state index in [4.69, 9.17) is 0 Å². The zero-order chi connectivity index (χ0) is 11.3. The van der Waals surface area contributed by atoms with Crippen LogP contribution < -0.4 is 0 Å². The molecule has 0 radical (unpaired) electrons. The summed E-state index contributed by atoms with van der Waals surface area (Å²) in [6, 6.07) is 4.28. The molecule has 0 unspecified atom stereocenters. The van der Waals surface area contributed by atoms with Crippen LogP contribution in [-0.2, 0) is 5.41 Å². The molecule has 0 saturated heterocycles. The number of pyridine rings is 1. The molecule has 1 spiro atoms. The Labute approximate surface area is 95.5 Å². The Morgan fingerprint density at radius 2 is 2.19 bits per heavy atom. The molecular formula is C13H16N2O. The minimum Gasteiger partial charge on any atom is -0.334 e. The number of rotatable bonds is 1. The molecular weight excluding hydrogens is 200 g/mol. The van der Waals surface area contributed by atoms with Gasteiger partial charge in [0, 0.05) is 24.2 Å². The number of aromatic nitrogens is 1. The van der Waals surface area contributed by atoms with Crippen molar-refractivity contribution in [3.63, 3.8) is 0 Å². The summed E-state index contributed by atoms with van der Waals surface area (Å²) in [5.74, 6) is 0.100. The smallest absolute Gasteiger partial charge is 0.273 e. The van der Waals surface area contributed by atoms with E-state index in [1.54, 1.807) is 6.20 Å². The number of carbonyl (C=O) groups excluding carboxylic acids is 1. The first kappa shape index (κ1) is 9.82. The highest BCUT2D eigenvalue weighted by atomic mass is 16.2. The maximum Gasteiger partial charge on any atom is 0.273 e. The second-order valence-electron chi connectivity index (χ2n) is 5.21. The van der Waals surface area contributed by atoms with E-state index >= 15 is 0 Å². The van der Waals surface area contributed by atoms with Gasteiger partial charge in [-0.1, -0.05) is 6.07 Å². The third kappa shape index (κ3) is 1.20. The fourth-order valence-electron chi connectivity index (χ4n) is 2.62. The van der Waals surface area contributed by atoms with Crippen LogP contribution >= 0.6 is 0 Å². The average Bonchev–Trinajstić information content (AvgIpc) is 3.04. The third-order valence-corrected chi connectivity index (χ3v) is 3.79. The lowest BCUT2D eigenvalue weighted by molar-refractivity contribution is 0.0648. The lowest BCUT2D eigenvalue weighted by Crippen LogP contribution is -2.47.